The monoisotopic (exact) mass is 505 g/mol. The van der Waals surface area contributed by atoms with Crippen LogP contribution in [0, 0.1) is 20.8 Å². The Bertz CT molecular complexity index is 1260. The number of carbonyl (C=O) groups is 3. The number of rotatable bonds is 5. The molecule has 190 valence electrons. The predicted molar refractivity (Wildman–Crippen MR) is 149 cm³/mol. The van der Waals surface area contributed by atoms with Crippen molar-refractivity contribution in [3.05, 3.63) is 63.1 Å². The second-order valence-electron chi connectivity index (χ2n) is 10.5. The van der Waals surface area contributed by atoms with Crippen LogP contribution in [0.25, 0.3) is 6.08 Å². The largest absolute Gasteiger partial charge is 0.366 e. The third-order valence-electron chi connectivity index (χ3n) is 7.30. The zero-order valence-electron chi connectivity index (χ0n) is 22.2. The average Bonchev–Trinajstić information content (AvgIpc) is 3.04. The van der Waals surface area contributed by atoms with Crippen molar-refractivity contribution in [1.82, 2.24) is 4.90 Å². The van der Waals surface area contributed by atoms with Crippen molar-refractivity contribution in [2.75, 3.05) is 23.3 Å². The van der Waals surface area contributed by atoms with Gasteiger partial charge in [0.25, 0.3) is 11.1 Å². The highest BCUT2D eigenvalue weighted by atomic mass is 32.2. The molecule has 2 aromatic carbocycles. The lowest BCUT2D eigenvalue weighted by Gasteiger charge is -2.47. The third-order valence-corrected chi connectivity index (χ3v) is 8.20. The first kappa shape index (κ1) is 26.0. The van der Waals surface area contributed by atoms with Crippen molar-refractivity contribution >= 4 is 46.3 Å². The molecule has 2 heterocycles. The maximum absolute atomic E-state index is 13.1. The second-order valence-corrected chi connectivity index (χ2v) is 11.5. The van der Waals surface area contributed by atoms with Crippen LogP contribution in [0.15, 0.2) is 35.2 Å². The minimum atomic E-state index is -0.428. The summed E-state index contributed by atoms with van der Waals surface area (Å²) in [6, 6.07) is 10.1. The van der Waals surface area contributed by atoms with E-state index in [1.54, 1.807) is 6.08 Å². The van der Waals surface area contributed by atoms with Crippen LogP contribution >= 0.6 is 11.8 Å². The summed E-state index contributed by atoms with van der Waals surface area (Å²) in [6.07, 6.45) is 2.84. The highest BCUT2D eigenvalue weighted by Gasteiger charge is 2.38. The second kappa shape index (κ2) is 9.77. The van der Waals surface area contributed by atoms with Gasteiger partial charge in [0, 0.05) is 23.5 Å². The van der Waals surface area contributed by atoms with Crippen molar-refractivity contribution in [3.8, 4) is 0 Å². The molecule has 0 spiro atoms. The van der Waals surface area contributed by atoms with Crippen molar-refractivity contribution in [1.29, 1.82) is 0 Å². The lowest BCUT2D eigenvalue weighted by molar-refractivity contribution is -0.127. The molecular formula is C29H35N3O3S. The van der Waals surface area contributed by atoms with Gasteiger partial charge in [-0.05, 0) is 112 Å². The van der Waals surface area contributed by atoms with Crippen molar-refractivity contribution < 1.29 is 14.4 Å². The Balaban J connectivity index is 1.57. The number of nitrogens with one attached hydrogen (secondary N) is 1. The smallest absolute Gasteiger partial charge is 0.294 e. The van der Waals surface area contributed by atoms with Crippen LogP contribution in [0.3, 0.4) is 0 Å². The van der Waals surface area contributed by atoms with Gasteiger partial charge < -0.3 is 10.2 Å². The van der Waals surface area contributed by atoms with Gasteiger partial charge >= 0.3 is 0 Å². The van der Waals surface area contributed by atoms with E-state index in [0.717, 1.165) is 51.9 Å². The van der Waals surface area contributed by atoms with Crippen molar-refractivity contribution in [3.63, 3.8) is 0 Å². The molecule has 0 radical (unpaired) electrons. The molecule has 0 saturated carbocycles. The Morgan fingerprint density at radius 3 is 2.44 bits per heavy atom. The fourth-order valence-corrected chi connectivity index (χ4v) is 6.35. The van der Waals surface area contributed by atoms with Crippen LogP contribution in [0.4, 0.5) is 16.2 Å². The first-order chi connectivity index (χ1) is 16.9. The number of hydrogen-bond donors (Lipinski definition) is 1. The van der Waals surface area contributed by atoms with E-state index in [1.165, 1.54) is 11.3 Å². The van der Waals surface area contributed by atoms with E-state index >= 15 is 0 Å². The Hall–Kier alpha value is -3.06. The molecule has 1 atom stereocenters. The number of anilines is 2. The molecule has 2 aliphatic rings. The van der Waals surface area contributed by atoms with Crippen LogP contribution in [-0.4, -0.2) is 40.6 Å². The van der Waals surface area contributed by atoms with Gasteiger partial charge in [-0.25, -0.2) is 0 Å². The molecule has 2 aliphatic heterocycles. The molecule has 0 aliphatic carbocycles. The van der Waals surface area contributed by atoms with Gasteiger partial charge in [0.1, 0.15) is 6.54 Å². The highest BCUT2D eigenvalue weighted by molar-refractivity contribution is 8.18. The van der Waals surface area contributed by atoms with E-state index in [9.17, 15) is 14.4 Å². The summed E-state index contributed by atoms with van der Waals surface area (Å²) < 4.78 is 0. The minimum absolute atomic E-state index is 0.0786. The van der Waals surface area contributed by atoms with E-state index in [1.807, 2.05) is 39.0 Å². The summed E-state index contributed by atoms with van der Waals surface area (Å²) in [6.45, 7) is 15.5. The third kappa shape index (κ3) is 4.81. The number of fused-ring (bicyclic) bond motifs is 1. The van der Waals surface area contributed by atoms with Gasteiger partial charge in [0.15, 0.2) is 0 Å². The van der Waals surface area contributed by atoms with Crippen LogP contribution in [0.1, 0.15) is 67.9 Å². The van der Waals surface area contributed by atoms with Crippen molar-refractivity contribution in [2.24, 2.45) is 0 Å². The number of imide groups is 1. The molecule has 36 heavy (non-hydrogen) atoms. The summed E-state index contributed by atoms with van der Waals surface area (Å²) in [5.41, 5.74) is 7.15. The van der Waals surface area contributed by atoms with Crippen LogP contribution in [0.2, 0.25) is 0 Å². The van der Waals surface area contributed by atoms with E-state index in [-0.39, 0.29) is 12.1 Å². The molecule has 7 heteroatoms. The topological polar surface area (TPSA) is 69.7 Å². The molecule has 0 bridgehead atoms. The molecule has 1 saturated heterocycles. The molecule has 0 aromatic heterocycles. The fourth-order valence-electron chi connectivity index (χ4n) is 5.52. The number of thioether (sulfide) groups is 1. The van der Waals surface area contributed by atoms with Gasteiger partial charge in [-0.2, -0.15) is 0 Å². The molecule has 1 N–H and O–H groups in total. The minimum Gasteiger partial charge on any atom is -0.366 e. The van der Waals surface area contributed by atoms with Gasteiger partial charge in [0.05, 0.1) is 4.91 Å². The predicted octanol–water partition coefficient (Wildman–Crippen LogP) is 6.40. The van der Waals surface area contributed by atoms with Gasteiger partial charge in [-0.1, -0.05) is 25.1 Å². The fraction of sp³-hybridized carbons (Fsp3) is 0.414. The van der Waals surface area contributed by atoms with E-state index in [4.69, 9.17) is 0 Å². The molecule has 6 nitrogen and oxygen atoms in total. The lowest BCUT2D eigenvalue weighted by atomic mass is 9.79. The Morgan fingerprint density at radius 1 is 1.14 bits per heavy atom. The number of para-hydroxylation sites is 1. The maximum atomic E-state index is 13.1. The standard InChI is InChI=1S/C29H35N3O3S/c1-8-32-23-12-19(4)21(13-22(23)20(5)15-29(32,6)7)14-24-27(34)31(28(35)36-24)16-25(33)30-26-17(2)10-9-11-18(26)3/h9-14,20H,8,15-16H2,1-7H3,(H,30,33)/b24-14+. The van der Waals surface area contributed by atoms with Crippen LogP contribution < -0.4 is 10.2 Å². The zero-order chi connectivity index (χ0) is 26.4. The van der Waals surface area contributed by atoms with Gasteiger partial charge in [-0.15, -0.1) is 0 Å². The number of benzene rings is 2. The lowest BCUT2D eigenvalue weighted by Crippen LogP contribution is -2.48. The molecule has 3 amide bonds. The number of aryl methyl sites for hydroxylation is 3. The first-order valence-electron chi connectivity index (χ1n) is 12.5. The van der Waals surface area contributed by atoms with Gasteiger partial charge in [0.2, 0.25) is 5.91 Å². The summed E-state index contributed by atoms with van der Waals surface area (Å²) >= 11 is 0.891. The van der Waals surface area contributed by atoms with E-state index < -0.39 is 17.1 Å². The average molecular weight is 506 g/mol. The Labute approximate surface area is 218 Å². The quantitative estimate of drug-likeness (QED) is 0.476. The number of hydrogen-bond acceptors (Lipinski definition) is 5. The molecule has 1 fully saturated rings. The normalized spacial score (nSPS) is 20.2. The first-order valence-corrected chi connectivity index (χ1v) is 13.3. The summed E-state index contributed by atoms with van der Waals surface area (Å²) in [5, 5.41) is 2.43. The number of carbonyl (C=O) groups excluding carboxylic acids is 3. The van der Waals surface area contributed by atoms with Crippen LogP contribution in [0.5, 0.6) is 0 Å². The Kier molecular flexibility index (Phi) is 7.06. The summed E-state index contributed by atoms with van der Waals surface area (Å²) in [5.74, 6) is -0.436. The SMILES string of the molecule is CCN1c2cc(C)c(/C=C3/SC(=O)N(CC(=O)Nc4c(C)cccc4C)C3=O)cc2C(C)CC1(C)C. The highest BCUT2D eigenvalue weighted by Crippen LogP contribution is 2.45. The molecule has 2 aromatic rings. The van der Waals surface area contributed by atoms with Crippen molar-refractivity contribution in [2.45, 2.75) is 66.3 Å². The van der Waals surface area contributed by atoms with Crippen LogP contribution in [-0.2, 0) is 9.59 Å². The van der Waals surface area contributed by atoms with E-state index in [0.29, 0.717) is 16.5 Å². The van der Waals surface area contributed by atoms with E-state index in [2.05, 4.69) is 50.0 Å². The number of nitrogens with zero attached hydrogens (tertiary/aromatic N) is 2. The molecular weight excluding hydrogens is 470 g/mol. The summed E-state index contributed by atoms with van der Waals surface area (Å²) in [7, 11) is 0. The molecule has 4 rings (SSSR count). The number of amides is 3. The summed E-state index contributed by atoms with van der Waals surface area (Å²) in [4.78, 5) is 42.3. The Morgan fingerprint density at radius 2 is 1.81 bits per heavy atom. The zero-order valence-corrected chi connectivity index (χ0v) is 23.0. The maximum Gasteiger partial charge on any atom is 0.294 e. The van der Waals surface area contributed by atoms with Gasteiger partial charge in [-0.3, -0.25) is 19.3 Å². The molecule has 1 unspecified atom stereocenters.